The molecule has 162 valence electrons. The fourth-order valence-corrected chi connectivity index (χ4v) is 2.94. The van der Waals surface area contributed by atoms with Gasteiger partial charge in [-0.25, -0.2) is 9.78 Å². The zero-order chi connectivity index (χ0) is 22.4. The maximum Gasteiger partial charge on any atom is 0.345 e. The SMILES string of the molecule is CCOC(=O)CN(C)c1nc(CC)c(Br)c(OC(=O)C(C)(C)C)c1C(=O)OCC. The van der Waals surface area contributed by atoms with Gasteiger partial charge >= 0.3 is 17.9 Å². The molecule has 0 unspecified atom stereocenters. The molecule has 1 rings (SSSR count). The molecule has 0 aliphatic heterocycles. The average molecular weight is 473 g/mol. The van der Waals surface area contributed by atoms with Crippen LogP contribution in [0.3, 0.4) is 0 Å². The molecule has 0 N–H and O–H groups in total. The summed E-state index contributed by atoms with van der Waals surface area (Å²) in [7, 11) is 1.60. The maximum atomic E-state index is 12.8. The highest BCUT2D eigenvalue weighted by Gasteiger charge is 2.32. The normalized spacial score (nSPS) is 11.0. The Labute approximate surface area is 180 Å². The Hall–Kier alpha value is -2.16. The third kappa shape index (κ3) is 6.42. The van der Waals surface area contributed by atoms with E-state index in [4.69, 9.17) is 14.2 Å². The Bertz CT molecular complexity index is 773. The van der Waals surface area contributed by atoms with Crippen LogP contribution in [0.2, 0.25) is 0 Å². The van der Waals surface area contributed by atoms with E-state index in [0.29, 0.717) is 16.6 Å². The average Bonchev–Trinajstić information content (AvgIpc) is 2.62. The molecule has 0 saturated carbocycles. The van der Waals surface area contributed by atoms with Gasteiger partial charge in [-0.05, 0) is 57.0 Å². The first-order valence-electron chi connectivity index (χ1n) is 9.46. The second kappa shape index (κ2) is 10.6. The van der Waals surface area contributed by atoms with E-state index in [9.17, 15) is 14.4 Å². The summed E-state index contributed by atoms with van der Waals surface area (Å²) in [4.78, 5) is 43.3. The lowest BCUT2D eigenvalue weighted by molar-refractivity contribution is -0.143. The molecule has 29 heavy (non-hydrogen) atoms. The lowest BCUT2D eigenvalue weighted by Crippen LogP contribution is -2.31. The minimum atomic E-state index is -0.794. The number of pyridine rings is 1. The monoisotopic (exact) mass is 472 g/mol. The van der Waals surface area contributed by atoms with Crippen LogP contribution >= 0.6 is 15.9 Å². The van der Waals surface area contributed by atoms with E-state index in [0.717, 1.165) is 0 Å². The van der Waals surface area contributed by atoms with Gasteiger partial charge in [0.25, 0.3) is 0 Å². The number of carbonyl (C=O) groups is 3. The van der Waals surface area contributed by atoms with Gasteiger partial charge in [0.2, 0.25) is 0 Å². The molecule has 0 radical (unpaired) electrons. The van der Waals surface area contributed by atoms with Crippen LogP contribution in [-0.4, -0.2) is 49.7 Å². The third-order valence-corrected chi connectivity index (χ3v) is 4.62. The summed E-state index contributed by atoms with van der Waals surface area (Å²) in [5.74, 6) is -1.49. The maximum absolute atomic E-state index is 12.8. The number of anilines is 1. The number of aromatic nitrogens is 1. The van der Waals surface area contributed by atoms with Crippen LogP contribution in [0.1, 0.15) is 57.6 Å². The largest absolute Gasteiger partial charge is 0.465 e. The summed E-state index contributed by atoms with van der Waals surface area (Å²) in [6.45, 7) is 10.6. The first-order chi connectivity index (χ1) is 13.5. The van der Waals surface area contributed by atoms with Gasteiger partial charge in [0.1, 0.15) is 17.9 Å². The summed E-state index contributed by atoms with van der Waals surface area (Å²) >= 11 is 3.41. The summed E-state index contributed by atoms with van der Waals surface area (Å²) in [6, 6.07) is 0. The van der Waals surface area contributed by atoms with Crippen LogP contribution in [0, 0.1) is 5.41 Å². The van der Waals surface area contributed by atoms with Gasteiger partial charge in [-0.3, -0.25) is 9.59 Å². The van der Waals surface area contributed by atoms with E-state index in [-0.39, 0.29) is 36.9 Å². The Morgan fingerprint density at radius 3 is 2.14 bits per heavy atom. The lowest BCUT2D eigenvalue weighted by atomic mass is 9.97. The molecule has 1 heterocycles. The van der Waals surface area contributed by atoms with Gasteiger partial charge < -0.3 is 19.1 Å². The van der Waals surface area contributed by atoms with Crippen molar-refractivity contribution >= 4 is 39.7 Å². The van der Waals surface area contributed by atoms with Crippen molar-refractivity contribution in [3.05, 3.63) is 15.7 Å². The molecule has 8 nitrogen and oxygen atoms in total. The summed E-state index contributed by atoms with van der Waals surface area (Å²) in [5, 5.41) is 0. The topological polar surface area (TPSA) is 95.0 Å². The first kappa shape index (κ1) is 24.9. The Morgan fingerprint density at radius 1 is 1.07 bits per heavy atom. The second-order valence-corrected chi connectivity index (χ2v) is 8.07. The number of nitrogens with zero attached hydrogens (tertiary/aromatic N) is 2. The predicted octanol–water partition coefficient (Wildman–Crippen LogP) is 3.53. The third-order valence-electron chi connectivity index (χ3n) is 3.80. The van der Waals surface area contributed by atoms with Crippen LogP contribution in [0.15, 0.2) is 4.47 Å². The van der Waals surface area contributed by atoms with Crippen molar-refractivity contribution in [3.8, 4) is 5.75 Å². The minimum Gasteiger partial charge on any atom is -0.465 e. The standard InChI is InChI=1S/C20H29BrN2O6/c1-8-12-15(21)16(29-19(26)20(4,5)6)14(18(25)28-10-3)17(22-12)23(7)11-13(24)27-9-2/h8-11H2,1-7H3. The molecule has 0 aromatic carbocycles. The highest BCUT2D eigenvalue weighted by molar-refractivity contribution is 9.10. The van der Waals surface area contributed by atoms with E-state index >= 15 is 0 Å². The molecule has 0 amide bonds. The Balaban J connectivity index is 3.64. The molecule has 0 atom stereocenters. The number of esters is 3. The number of rotatable bonds is 8. The van der Waals surface area contributed by atoms with Gasteiger partial charge in [-0.15, -0.1) is 0 Å². The van der Waals surface area contributed by atoms with E-state index in [1.807, 2.05) is 6.92 Å². The minimum absolute atomic E-state index is 0.0275. The molecule has 0 saturated heterocycles. The number of likely N-dealkylation sites (N-methyl/N-ethyl adjacent to an activating group) is 1. The van der Waals surface area contributed by atoms with E-state index in [1.165, 1.54) is 4.90 Å². The number of aryl methyl sites for hydroxylation is 1. The molecule has 0 aliphatic rings. The zero-order valence-corrected chi connectivity index (χ0v) is 19.6. The fraction of sp³-hybridized carbons (Fsp3) is 0.600. The first-order valence-corrected chi connectivity index (χ1v) is 10.3. The summed E-state index contributed by atoms with van der Waals surface area (Å²) < 4.78 is 16.2. The van der Waals surface area contributed by atoms with Gasteiger partial charge in [0, 0.05) is 7.05 Å². The van der Waals surface area contributed by atoms with Crippen LogP contribution in [-0.2, 0) is 25.5 Å². The molecular formula is C20H29BrN2O6. The zero-order valence-electron chi connectivity index (χ0n) is 18.1. The summed E-state index contributed by atoms with van der Waals surface area (Å²) in [6.07, 6.45) is 0.504. The quantitative estimate of drug-likeness (QED) is 0.530. The number of hydrogen-bond acceptors (Lipinski definition) is 8. The van der Waals surface area contributed by atoms with Crippen LogP contribution in [0.4, 0.5) is 5.82 Å². The van der Waals surface area contributed by atoms with Gasteiger partial charge in [-0.1, -0.05) is 6.92 Å². The Morgan fingerprint density at radius 2 is 1.66 bits per heavy atom. The van der Waals surface area contributed by atoms with Crippen molar-refractivity contribution in [2.45, 2.75) is 48.0 Å². The van der Waals surface area contributed by atoms with Gasteiger partial charge in [0.15, 0.2) is 5.75 Å². The molecule has 9 heteroatoms. The highest BCUT2D eigenvalue weighted by atomic mass is 79.9. The number of hydrogen-bond donors (Lipinski definition) is 0. The van der Waals surface area contributed by atoms with Crippen LogP contribution in [0.5, 0.6) is 5.75 Å². The van der Waals surface area contributed by atoms with E-state index in [2.05, 4.69) is 20.9 Å². The van der Waals surface area contributed by atoms with Crippen LogP contribution in [0.25, 0.3) is 0 Å². The van der Waals surface area contributed by atoms with E-state index < -0.39 is 23.3 Å². The Kier molecular flexibility index (Phi) is 9.07. The fourth-order valence-electron chi connectivity index (χ4n) is 2.29. The molecule has 1 aromatic heterocycles. The molecule has 0 bridgehead atoms. The van der Waals surface area contributed by atoms with E-state index in [1.54, 1.807) is 41.7 Å². The van der Waals surface area contributed by atoms with Crippen molar-refractivity contribution in [2.24, 2.45) is 5.41 Å². The van der Waals surface area contributed by atoms with Crippen molar-refractivity contribution in [1.82, 2.24) is 4.98 Å². The second-order valence-electron chi connectivity index (χ2n) is 7.27. The molecular weight excluding hydrogens is 444 g/mol. The smallest absolute Gasteiger partial charge is 0.345 e. The predicted molar refractivity (Wildman–Crippen MR) is 112 cm³/mol. The molecule has 0 spiro atoms. The van der Waals surface area contributed by atoms with Crippen molar-refractivity contribution in [3.63, 3.8) is 0 Å². The van der Waals surface area contributed by atoms with Crippen molar-refractivity contribution in [2.75, 3.05) is 31.7 Å². The number of ether oxygens (including phenoxy) is 3. The highest BCUT2D eigenvalue weighted by Crippen LogP contribution is 2.39. The lowest BCUT2D eigenvalue weighted by Gasteiger charge is -2.24. The molecule has 0 fully saturated rings. The van der Waals surface area contributed by atoms with Crippen LogP contribution < -0.4 is 9.64 Å². The summed E-state index contributed by atoms with van der Waals surface area (Å²) in [5.41, 5.74) is -0.251. The van der Waals surface area contributed by atoms with Gasteiger partial charge in [-0.2, -0.15) is 0 Å². The van der Waals surface area contributed by atoms with Crippen molar-refractivity contribution < 1.29 is 28.6 Å². The van der Waals surface area contributed by atoms with Crippen molar-refractivity contribution in [1.29, 1.82) is 0 Å². The molecule has 1 aromatic rings. The molecule has 0 aliphatic carbocycles. The number of halogens is 1. The number of carbonyl (C=O) groups excluding carboxylic acids is 3. The van der Waals surface area contributed by atoms with Gasteiger partial charge in [0.05, 0.1) is 28.8 Å².